The van der Waals surface area contributed by atoms with Crippen LogP contribution in [-0.2, 0) is 16.8 Å². The Labute approximate surface area is 210 Å². The van der Waals surface area contributed by atoms with E-state index in [2.05, 4.69) is 11.8 Å². The molecule has 0 saturated carbocycles. The van der Waals surface area contributed by atoms with Crippen molar-refractivity contribution in [2.24, 2.45) is 0 Å². The first-order valence-electron chi connectivity index (χ1n) is 11.9. The molecule has 0 bridgehead atoms. The lowest BCUT2D eigenvalue weighted by Crippen LogP contribution is -2.57. The Kier molecular flexibility index (Phi) is 6.26. The third kappa shape index (κ3) is 4.25. The van der Waals surface area contributed by atoms with Crippen molar-refractivity contribution in [2.75, 3.05) is 24.4 Å². The molecular formula is C27H29F2N3O3S. The Balaban J connectivity index is 1.40. The van der Waals surface area contributed by atoms with Crippen LogP contribution in [0, 0.1) is 11.6 Å². The summed E-state index contributed by atoms with van der Waals surface area (Å²) in [6.45, 7) is 3.60. The zero-order valence-corrected chi connectivity index (χ0v) is 21.0. The summed E-state index contributed by atoms with van der Waals surface area (Å²) in [6.07, 6.45) is 1.15. The second kappa shape index (κ2) is 9.14. The first-order chi connectivity index (χ1) is 17.1. The van der Waals surface area contributed by atoms with Crippen LogP contribution in [0.2, 0.25) is 0 Å². The molecule has 0 amide bonds. The van der Waals surface area contributed by atoms with Crippen molar-refractivity contribution >= 4 is 15.9 Å². The van der Waals surface area contributed by atoms with Gasteiger partial charge in [-0.25, -0.2) is 8.78 Å². The first kappa shape index (κ1) is 24.7. The Bertz CT molecular complexity index is 1400. The maximum absolute atomic E-state index is 14.4. The highest BCUT2D eigenvalue weighted by atomic mass is 32.2. The van der Waals surface area contributed by atoms with Crippen molar-refractivity contribution in [2.45, 2.75) is 37.9 Å². The van der Waals surface area contributed by atoms with Crippen molar-refractivity contribution in [1.29, 1.82) is 0 Å². The smallest absolute Gasteiger partial charge is 0.304 e. The van der Waals surface area contributed by atoms with E-state index in [1.165, 1.54) is 32.9 Å². The lowest BCUT2D eigenvalue weighted by molar-refractivity contribution is 0.100. The van der Waals surface area contributed by atoms with Gasteiger partial charge in [0.05, 0.1) is 11.2 Å². The van der Waals surface area contributed by atoms with Crippen LogP contribution in [0.5, 0.6) is 5.75 Å². The van der Waals surface area contributed by atoms with Gasteiger partial charge in [-0.2, -0.15) is 12.7 Å². The van der Waals surface area contributed by atoms with E-state index in [0.29, 0.717) is 49.3 Å². The van der Waals surface area contributed by atoms with Gasteiger partial charge in [-0.3, -0.25) is 9.21 Å². The van der Waals surface area contributed by atoms with Gasteiger partial charge in [0.2, 0.25) is 0 Å². The summed E-state index contributed by atoms with van der Waals surface area (Å²) in [5.74, 6) is -0.863. The number of piperidine rings is 1. The maximum atomic E-state index is 14.4. The predicted octanol–water partition coefficient (Wildman–Crippen LogP) is 4.76. The Morgan fingerprint density at radius 1 is 1.03 bits per heavy atom. The molecule has 2 aliphatic rings. The highest BCUT2D eigenvalue weighted by Crippen LogP contribution is 2.44. The van der Waals surface area contributed by atoms with Gasteiger partial charge in [-0.1, -0.05) is 30.3 Å². The summed E-state index contributed by atoms with van der Waals surface area (Å²) in [6, 6.07) is 17.3. The van der Waals surface area contributed by atoms with Gasteiger partial charge in [-0.15, -0.1) is 0 Å². The third-order valence-electron chi connectivity index (χ3n) is 7.39. The van der Waals surface area contributed by atoms with Crippen LogP contribution in [-0.4, -0.2) is 54.4 Å². The van der Waals surface area contributed by atoms with E-state index in [1.54, 1.807) is 43.4 Å². The van der Waals surface area contributed by atoms with Crippen LogP contribution in [0.15, 0.2) is 66.7 Å². The molecule has 0 aliphatic carbocycles. The number of hydrogen-bond donors (Lipinski definition) is 1. The summed E-state index contributed by atoms with van der Waals surface area (Å²) in [7, 11) is -2.21. The maximum Gasteiger partial charge on any atom is 0.304 e. The molecule has 2 aliphatic heterocycles. The summed E-state index contributed by atoms with van der Waals surface area (Å²) in [4.78, 5) is 2.26. The van der Waals surface area contributed by atoms with Crippen LogP contribution in [0.4, 0.5) is 14.5 Å². The van der Waals surface area contributed by atoms with Crippen molar-refractivity contribution in [3.05, 3.63) is 83.9 Å². The van der Waals surface area contributed by atoms with Crippen molar-refractivity contribution in [3.8, 4) is 16.9 Å². The number of hydrogen-bond acceptors (Lipinski definition) is 4. The number of aromatic hydroxyl groups is 1. The molecule has 9 heteroatoms. The standard InChI is InChI=1S/C27H29F2N3O3S/c1-19-16-27(18-30(2)36(34,35)32(27)22-7-5-6-21(28)15-22)12-13-31(19)17-20-10-11-26(33)24(14-20)23-8-3-4-9-25(23)29/h3-11,14-15,19,33H,12-13,16-18H2,1-2H3/t19-,27+/m0/s1. The van der Waals surface area contributed by atoms with Crippen molar-refractivity contribution in [3.63, 3.8) is 0 Å². The second-order valence-electron chi connectivity index (χ2n) is 9.84. The average Bonchev–Trinajstić information content (AvgIpc) is 3.01. The number of likely N-dealkylation sites (tertiary alicyclic amines) is 1. The molecule has 2 saturated heterocycles. The number of halogens is 2. The van der Waals surface area contributed by atoms with E-state index >= 15 is 0 Å². The van der Waals surface area contributed by atoms with E-state index in [-0.39, 0.29) is 11.8 Å². The van der Waals surface area contributed by atoms with Crippen LogP contribution < -0.4 is 4.31 Å². The number of nitrogens with zero attached hydrogens (tertiary/aromatic N) is 3. The largest absolute Gasteiger partial charge is 0.507 e. The van der Waals surface area contributed by atoms with Gasteiger partial charge in [0, 0.05) is 43.9 Å². The number of anilines is 1. The van der Waals surface area contributed by atoms with Crippen LogP contribution in [0.3, 0.4) is 0 Å². The molecule has 2 heterocycles. The Morgan fingerprint density at radius 2 is 1.81 bits per heavy atom. The zero-order valence-electron chi connectivity index (χ0n) is 20.2. The molecule has 2 atom stereocenters. The number of likely N-dealkylation sites (N-methyl/N-ethyl adjacent to an activating group) is 1. The van der Waals surface area contributed by atoms with Gasteiger partial charge in [0.15, 0.2) is 0 Å². The molecule has 0 radical (unpaired) electrons. The summed E-state index contributed by atoms with van der Waals surface area (Å²) >= 11 is 0. The normalized spacial score (nSPS) is 24.4. The van der Waals surface area contributed by atoms with Gasteiger partial charge in [0.1, 0.15) is 17.4 Å². The highest BCUT2D eigenvalue weighted by Gasteiger charge is 2.55. The number of phenolic OH excluding ortho intramolecular Hbond substituents is 1. The van der Waals surface area contributed by atoms with Crippen LogP contribution >= 0.6 is 0 Å². The first-order valence-corrected chi connectivity index (χ1v) is 13.3. The molecule has 1 N–H and O–H groups in total. The summed E-state index contributed by atoms with van der Waals surface area (Å²) in [5.41, 5.74) is 1.37. The van der Waals surface area contributed by atoms with Crippen LogP contribution in [0.1, 0.15) is 25.3 Å². The Morgan fingerprint density at radius 3 is 2.53 bits per heavy atom. The molecule has 3 aromatic rings. The highest BCUT2D eigenvalue weighted by molar-refractivity contribution is 7.90. The minimum absolute atomic E-state index is 0.0134. The summed E-state index contributed by atoms with van der Waals surface area (Å²) in [5, 5.41) is 10.4. The molecule has 6 nitrogen and oxygen atoms in total. The fraction of sp³-hybridized carbons (Fsp3) is 0.333. The fourth-order valence-corrected chi connectivity index (χ4v) is 7.46. The molecular weight excluding hydrogens is 484 g/mol. The quantitative estimate of drug-likeness (QED) is 0.547. The molecule has 190 valence electrons. The van der Waals surface area contributed by atoms with E-state index < -0.39 is 27.4 Å². The van der Waals surface area contributed by atoms with Gasteiger partial charge in [-0.05, 0) is 61.7 Å². The molecule has 0 unspecified atom stereocenters. The monoisotopic (exact) mass is 513 g/mol. The molecule has 36 heavy (non-hydrogen) atoms. The van der Waals surface area contributed by atoms with E-state index in [9.17, 15) is 22.3 Å². The van der Waals surface area contributed by atoms with E-state index in [0.717, 1.165) is 5.56 Å². The number of phenols is 1. The third-order valence-corrected chi connectivity index (χ3v) is 9.37. The Hall–Kier alpha value is -3.01. The zero-order chi connectivity index (χ0) is 25.7. The van der Waals surface area contributed by atoms with E-state index in [4.69, 9.17) is 0 Å². The lowest BCUT2D eigenvalue weighted by atomic mass is 9.82. The van der Waals surface area contributed by atoms with Crippen molar-refractivity contribution in [1.82, 2.24) is 9.21 Å². The van der Waals surface area contributed by atoms with Gasteiger partial charge < -0.3 is 5.11 Å². The van der Waals surface area contributed by atoms with Gasteiger partial charge in [0.25, 0.3) is 0 Å². The number of rotatable bonds is 4. The van der Waals surface area contributed by atoms with Crippen LogP contribution in [0.25, 0.3) is 11.1 Å². The summed E-state index contributed by atoms with van der Waals surface area (Å²) < 4.78 is 57.7. The molecule has 2 fully saturated rings. The fourth-order valence-electron chi connectivity index (χ4n) is 5.68. The van der Waals surface area contributed by atoms with Gasteiger partial charge >= 0.3 is 10.2 Å². The SMILES string of the molecule is C[C@H]1C[C@]2(CCN1Cc1ccc(O)c(-c3ccccc3F)c1)CN(C)S(=O)(=O)N2c1cccc(F)c1. The minimum atomic E-state index is -3.77. The molecule has 1 spiro atoms. The second-order valence-corrected chi connectivity index (χ2v) is 11.7. The number of benzene rings is 3. The topological polar surface area (TPSA) is 64.1 Å². The van der Waals surface area contributed by atoms with E-state index in [1.807, 2.05) is 6.07 Å². The van der Waals surface area contributed by atoms with Crippen molar-refractivity contribution < 1.29 is 22.3 Å². The molecule has 5 rings (SSSR count). The average molecular weight is 514 g/mol. The lowest BCUT2D eigenvalue weighted by Gasteiger charge is -2.47. The predicted molar refractivity (Wildman–Crippen MR) is 136 cm³/mol. The minimum Gasteiger partial charge on any atom is -0.507 e. The molecule has 0 aromatic heterocycles. The molecule has 3 aromatic carbocycles.